The highest BCUT2D eigenvalue weighted by Crippen LogP contribution is 2.34. The summed E-state index contributed by atoms with van der Waals surface area (Å²) in [6, 6.07) is 0. The van der Waals surface area contributed by atoms with Crippen LogP contribution in [0.4, 0.5) is 0 Å². The number of ether oxygens (including phenoxy) is 1. The molecule has 138 valence electrons. The summed E-state index contributed by atoms with van der Waals surface area (Å²) in [5.41, 5.74) is 0. The number of methoxy groups -OCH3 is 1. The molecule has 4 atom stereocenters. The van der Waals surface area contributed by atoms with Crippen LogP contribution in [0.15, 0.2) is 12.2 Å². The molecule has 0 saturated heterocycles. The Kier molecular flexibility index (Phi) is 9.92. The minimum atomic E-state index is -0.397. The molecule has 1 aliphatic carbocycles. The summed E-state index contributed by atoms with van der Waals surface area (Å²) in [5, 5.41) is 10.0. The molecule has 0 radical (unpaired) electrons. The molecule has 0 amide bonds. The molecule has 4 nitrogen and oxygen atoms in total. The molecule has 24 heavy (non-hydrogen) atoms. The van der Waals surface area contributed by atoms with Crippen molar-refractivity contribution in [2.75, 3.05) is 7.11 Å². The molecule has 0 bridgehead atoms. The maximum Gasteiger partial charge on any atom is 0.305 e. The van der Waals surface area contributed by atoms with E-state index in [1.807, 2.05) is 13.0 Å². The fourth-order valence-corrected chi connectivity index (χ4v) is 3.44. The Labute approximate surface area is 146 Å². The van der Waals surface area contributed by atoms with Gasteiger partial charge in [0, 0.05) is 18.8 Å². The van der Waals surface area contributed by atoms with Crippen LogP contribution in [0.25, 0.3) is 0 Å². The van der Waals surface area contributed by atoms with E-state index in [1.54, 1.807) is 0 Å². The van der Waals surface area contributed by atoms with Gasteiger partial charge in [-0.3, -0.25) is 9.59 Å². The van der Waals surface area contributed by atoms with E-state index in [4.69, 9.17) is 4.74 Å². The standard InChI is InChI=1S/C20H34O4/c1-4-5-6-7-17(21)11-9-16-10-13-19(22)18(16)12-8-15(2)14-20(23)24-3/h9,11,15-18,21H,4-8,10,12-14H2,1-3H3/b11-9+/t15?,16-,17?,18-/m0/s1. The maximum atomic E-state index is 12.1. The molecule has 1 rings (SSSR count). The number of ketones is 1. The first kappa shape index (κ1) is 20.9. The van der Waals surface area contributed by atoms with Crippen molar-refractivity contribution in [1.29, 1.82) is 0 Å². The molecule has 0 aromatic rings. The number of rotatable bonds is 11. The van der Waals surface area contributed by atoms with Crippen molar-refractivity contribution >= 4 is 11.8 Å². The van der Waals surface area contributed by atoms with Gasteiger partial charge in [0.2, 0.25) is 0 Å². The lowest BCUT2D eigenvalue weighted by Crippen LogP contribution is -2.16. The lowest BCUT2D eigenvalue weighted by Gasteiger charge is -2.18. The van der Waals surface area contributed by atoms with Gasteiger partial charge in [-0.15, -0.1) is 0 Å². The highest BCUT2D eigenvalue weighted by Gasteiger charge is 2.32. The van der Waals surface area contributed by atoms with Crippen molar-refractivity contribution in [3.63, 3.8) is 0 Å². The van der Waals surface area contributed by atoms with Gasteiger partial charge in [0.25, 0.3) is 0 Å². The summed E-state index contributed by atoms with van der Waals surface area (Å²) in [7, 11) is 1.40. The molecular weight excluding hydrogens is 304 g/mol. The molecule has 1 N–H and O–H groups in total. The first-order chi connectivity index (χ1) is 11.5. The number of hydrogen-bond donors (Lipinski definition) is 1. The van der Waals surface area contributed by atoms with Gasteiger partial charge in [-0.25, -0.2) is 0 Å². The van der Waals surface area contributed by atoms with E-state index in [1.165, 1.54) is 7.11 Å². The second-order valence-corrected chi connectivity index (χ2v) is 7.19. The van der Waals surface area contributed by atoms with Crippen molar-refractivity contribution in [1.82, 2.24) is 0 Å². The molecule has 0 aromatic carbocycles. The molecule has 1 aliphatic rings. The lowest BCUT2D eigenvalue weighted by molar-refractivity contribution is -0.141. The molecule has 0 aliphatic heterocycles. The highest BCUT2D eigenvalue weighted by molar-refractivity contribution is 5.83. The van der Waals surface area contributed by atoms with Crippen LogP contribution < -0.4 is 0 Å². The lowest BCUT2D eigenvalue weighted by atomic mass is 9.87. The van der Waals surface area contributed by atoms with Crippen LogP contribution in [-0.4, -0.2) is 30.1 Å². The first-order valence-electron chi connectivity index (χ1n) is 9.43. The van der Waals surface area contributed by atoms with Crippen molar-refractivity contribution in [3.8, 4) is 0 Å². The Morgan fingerprint density at radius 1 is 1.38 bits per heavy atom. The van der Waals surface area contributed by atoms with Gasteiger partial charge >= 0.3 is 5.97 Å². The van der Waals surface area contributed by atoms with E-state index in [2.05, 4.69) is 13.0 Å². The van der Waals surface area contributed by atoms with Crippen LogP contribution in [0, 0.1) is 17.8 Å². The van der Waals surface area contributed by atoms with Gasteiger partial charge in [-0.2, -0.15) is 0 Å². The second kappa shape index (κ2) is 11.4. The van der Waals surface area contributed by atoms with E-state index in [9.17, 15) is 14.7 Å². The summed E-state index contributed by atoms with van der Waals surface area (Å²) in [6.45, 7) is 4.18. The van der Waals surface area contributed by atoms with Crippen molar-refractivity contribution < 1.29 is 19.4 Å². The van der Waals surface area contributed by atoms with Crippen LogP contribution in [0.2, 0.25) is 0 Å². The predicted molar refractivity (Wildman–Crippen MR) is 95.5 cm³/mol. The summed E-state index contributed by atoms with van der Waals surface area (Å²) < 4.78 is 4.70. The number of unbranched alkanes of at least 4 members (excludes halogenated alkanes) is 2. The Balaban J connectivity index is 2.43. The number of carbonyl (C=O) groups excluding carboxylic acids is 2. The summed E-state index contributed by atoms with van der Waals surface area (Å²) >= 11 is 0. The fraction of sp³-hybridized carbons (Fsp3) is 0.800. The first-order valence-corrected chi connectivity index (χ1v) is 9.43. The van der Waals surface area contributed by atoms with E-state index >= 15 is 0 Å². The van der Waals surface area contributed by atoms with Crippen LogP contribution in [0.5, 0.6) is 0 Å². The number of aliphatic hydroxyl groups is 1. The zero-order chi connectivity index (χ0) is 17.9. The average molecular weight is 338 g/mol. The third-order valence-corrected chi connectivity index (χ3v) is 5.05. The Morgan fingerprint density at radius 3 is 2.79 bits per heavy atom. The Morgan fingerprint density at radius 2 is 2.12 bits per heavy atom. The number of hydrogen-bond acceptors (Lipinski definition) is 4. The molecule has 0 aromatic heterocycles. The van der Waals surface area contributed by atoms with Crippen LogP contribution in [0.1, 0.15) is 71.6 Å². The summed E-state index contributed by atoms with van der Waals surface area (Å²) in [6.07, 6.45) is 11.3. The number of Topliss-reactive ketones (excluding diaryl/α,β-unsaturated/α-hetero) is 1. The van der Waals surface area contributed by atoms with Gasteiger partial charge < -0.3 is 9.84 Å². The topological polar surface area (TPSA) is 63.6 Å². The zero-order valence-electron chi connectivity index (χ0n) is 15.5. The van der Waals surface area contributed by atoms with Crippen molar-refractivity contribution in [2.24, 2.45) is 17.8 Å². The quantitative estimate of drug-likeness (QED) is 0.350. The van der Waals surface area contributed by atoms with Gasteiger partial charge in [0.05, 0.1) is 13.2 Å². The predicted octanol–water partition coefficient (Wildman–Crippen LogP) is 4.06. The molecular formula is C20H34O4. The van der Waals surface area contributed by atoms with E-state index < -0.39 is 6.10 Å². The average Bonchev–Trinajstić information content (AvgIpc) is 2.91. The number of carbonyl (C=O) groups is 2. The fourth-order valence-electron chi connectivity index (χ4n) is 3.44. The van der Waals surface area contributed by atoms with E-state index in [0.717, 1.165) is 44.9 Å². The maximum absolute atomic E-state index is 12.1. The zero-order valence-corrected chi connectivity index (χ0v) is 15.5. The van der Waals surface area contributed by atoms with Gasteiger partial charge in [0.15, 0.2) is 0 Å². The normalized spacial score (nSPS) is 23.6. The Hall–Kier alpha value is -1.16. The van der Waals surface area contributed by atoms with Crippen molar-refractivity contribution in [2.45, 2.75) is 77.7 Å². The summed E-state index contributed by atoms with van der Waals surface area (Å²) in [4.78, 5) is 23.4. The van der Waals surface area contributed by atoms with Gasteiger partial charge in [0.1, 0.15) is 5.78 Å². The second-order valence-electron chi connectivity index (χ2n) is 7.19. The van der Waals surface area contributed by atoms with Crippen LogP contribution in [0.3, 0.4) is 0 Å². The molecule has 0 spiro atoms. The molecule has 4 heteroatoms. The minimum Gasteiger partial charge on any atom is -0.469 e. The molecule has 0 heterocycles. The Bertz CT molecular complexity index is 416. The number of esters is 1. The molecule has 1 saturated carbocycles. The largest absolute Gasteiger partial charge is 0.469 e. The SMILES string of the molecule is CCCCCC(O)/C=C/[C@H]1CCC(=O)[C@H]1CCC(C)CC(=O)OC. The van der Waals surface area contributed by atoms with E-state index in [-0.39, 0.29) is 23.7 Å². The molecule has 1 fully saturated rings. The third-order valence-electron chi connectivity index (χ3n) is 5.05. The van der Waals surface area contributed by atoms with Gasteiger partial charge in [-0.1, -0.05) is 45.3 Å². The third kappa shape index (κ3) is 7.61. The molecule has 2 unspecified atom stereocenters. The van der Waals surface area contributed by atoms with Crippen LogP contribution in [-0.2, 0) is 14.3 Å². The number of allylic oxidation sites excluding steroid dienone is 1. The smallest absolute Gasteiger partial charge is 0.305 e. The van der Waals surface area contributed by atoms with E-state index in [0.29, 0.717) is 18.6 Å². The monoisotopic (exact) mass is 338 g/mol. The van der Waals surface area contributed by atoms with Crippen molar-refractivity contribution in [3.05, 3.63) is 12.2 Å². The van der Waals surface area contributed by atoms with Crippen LogP contribution >= 0.6 is 0 Å². The highest BCUT2D eigenvalue weighted by atomic mass is 16.5. The van der Waals surface area contributed by atoms with Gasteiger partial charge in [-0.05, 0) is 37.5 Å². The summed E-state index contributed by atoms with van der Waals surface area (Å²) in [5.74, 6) is 0.658. The number of aliphatic hydroxyl groups excluding tert-OH is 1. The minimum absolute atomic E-state index is 0.0455.